The second-order valence-corrected chi connectivity index (χ2v) is 5.96. The number of rotatable bonds is 5. The van der Waals surface area contributed by atoms with Crippen molar-refractivity contribution in [3.8, 4) is 5.75 Å². The molecule has 3 nitrogen and oxygen atoms in total. The SMILES string of the molecule is Cl.N[C@@H](c1cccc(OCc2ccccc2)c1)C1CCNCC1. The smallest absolute Gasteiger partial charge is 0.120 e. The molecule has 0 aliphatic carbocycles. The van der Waals surface area contributed by atoms with Crippen molar-refractivity contribution < 1.29 is 4.74 Å². The molecule has 0 spiro atoms. The van der Waals surface area contributed by atoms with E-state index in [1.165, 1.54) is 11.1 Å². The first-order chi connectivity index (χ1) is 10.8. The number of halogens is 1. The molecule has 23 heavy (non-hydrogen) atoms. The molecule has 1 heterocycles. The van der Waals surface area contributed by atoms with Crippen LogP contribution in [0.25, 0.3) is 0 Å². The average molecular weight is 333 g/mol. The van der Waals surface area contributed by atoms with Gasteiger partial charge in [0, 0.05) is 6.04 Å². The van der Waals surface area contributed by atoms with Crippen molar-refractivity contribution in [1.29, 1.82) is 0 Å². The summed E-state index contributed by atoms with van der Waals surface area (Å²) in [4.78, 5) is 0. The van der Waals surface area contributed by atoms with Gasteiger partial charge in [0.15, 0.2) is 0 Å². The van der Waals surface area contributed by atoms with Gasteiger partial charge < -0.3 is 15.8 Å². The maximum absolute atomic E-state index is 6.46. The van der Waals surface area contributed by atoms with Crippen molar-refractivity contribution in [2.45, 2.75) is 25.5 Å². The quantitative estimate of drug-likeness (QED) is 0.878. The second-order valence-electron chi connectivity index (χ2n) is 5.96. The zero-order valence-electron chi connectivity index (χ0n) is 13.3. The maximum atomic E-state index is 6.46. The molecule has 2 aromatic carbocycles. The van der Waals surface area contributed by atoms with Gasteiger partial charge in [-0.15, -0.1) is 12.4 Å². The van der Waals surface area contributed by atoms with Crippen LogP contribution in [0.2, 0.25) is 0 Å². The normalized spacial score (nSPS) is 16.4. The fourth-order valence-corrected chi connectivity index (χ4v) is 3.03. The topological polar surface area (TPSA) is 47.3 Å². The predicted molar refractivity (Wildman–Crippen MR) is 97.0 cm³/mol. The summed E-state index contributed by atoms with van der Waals surface area (Å²) in [6, 6.07) is 18.6. The van der Waals surface area contributed by atoms with Crippen LogP contribution in [-0.2, 0) is 6.61 Å². The Morgan fingerprint density at radius 1 is 1.04 bits per heavy atom. The molecule has 3 rings (SSSR count). The Balaban J connectivity index is 0.00000192. The van der Waals surface area contributed by atoms with E-state index in [4.69, 9.17) is 10.5 Å². The summed E-state index contributed by atoms with van der Waals surface area (Å²) in [6.07, 6.45) is 2.30. The van der Waals surface area contributed by atoms with Crippen molar-refractivity contribution in [3.63, 3.8) is 0 Å². The Morgan fingerprint density at radius 2 is 1.78 bits per heavy atom. The van der Waals surface area contributed by atoms with E-state index in [1.54, 1.807) is 0 Å². The predicted octanol–water partition coefficient (Wildman–Crippen LogP) is 3.69. The fraction of sp³-hybridized carbons (Fsp3) is 0.368. The van der Waals surface area contributed by atoms with Crippen LogP contribution in [0.3, 0.4) is 0 Å². The van der Waals surface area contributed by atoms with Crippen LogP contribution in [0, 0.1) is 5.92 Å². The maximum Gasteiger partial charge on any atom is 0.120 e. The van der Waals surface area contributed by atoms with Crippen LogP contribution in [0.15, 0.2) is 54.6 Å². The number of nitrogens with two attached hydrogens (primary N) is 1. The number of hydrogen-bond acceptors (Lipinski definition) is 3. The molecule has 0 amide bonds. The molecule has 1 saturated heterocycles. The number of nitrogens with one attached hydrogen (secondary N) is 1. The molecule has 0 unspecified atom stereocenters. The summed E-state index contributed by atoms with van der Waals surface area (Å²) in [5.41, 5.74) is 8.82. The number of piperidine rings is 1. The van der Waals surface area contributed by atoms with Crippen LogP contribution < -0.4 is 15.8 Å². The Labute approximate surface area is 144 Å². The summed E-state index contributed by atoms with van der Waals surface area (Å²) < 4.78 is 5.90. The lowest BCUT2D eigenvalue weighted by Crippen LogP contribution is -2.33. The van der Waals surface area contributed by atoms with Crippen molar-refractivity contribution >= 4 is 12.4 Å². The van der Waals surface area contributed by atoms with Crippen LogP contribution in [0.4, 0.5) is 0 Å². The van der Waals surface area contributed by atoms with E-state index >= 15 is 0 Å². The van der Waals surface area contributed by atoms with Gasteiger partial charge >= 0.3 is 0 Å². The monoisotopic (exact) mass is 332 g/mol. The van der Waals surface area contributed by atoms with Gasteiger partial charge in [-0.3, -0.25) is 0 Å². The largest absolute Gasteiger partial charge is 0.489 e. The third-order valence-corrected chi connectivity index (χ3v) is 4.38. The van der Waals surface area contributed by atoms with E-state index in [9.17, 15) is 0 Å². The second kappa shape index (κ2) is 8.92. The van der Waals surface area contributed by atoms with E-state index in [-0.39, 0.29) is 18.4 Å². The minimum absolute atomic E-state index is 0. The van der Waals surface area contributed by atoms with E-state index < -0.39 is 0 Å². The Morgan fingerprint density at radius 3 is 2.52 bits per heavy atom. The van der Waals surface area contributed by atoms with E-state index in [2.05, 4.69) is 29.6 Å². The molecule has 124 valence electrons. The lowest BCUT2D eigenvalue weighted by atomic mass is 9.86. The molecule has 0 aromatic heterocycles. The number of hydrogen-bond donors (Lipinski definition) is 2. The number of ether oxygens (including phenoxy) is 1. The van der Waals surface area contributed by atoms with Gasteiger partial charge in [0.25, 0.3) is 0 Å². The molecule has 3 N–H and O–H groups in total. The molecule has 1 aliphatic heterocycles. The fourth-order valence-electron chi connectivity index (χ4n) is 3.03. The van der Waals surface area contributed by atoms with E-state index in [0.29, 0.717) is 12.5 Å². The van der Waals surface area contributed by atoms with Gasteiger partial charge in [0.1, 0.15) is 12.4 Å². The zero-order valence-corrected chi connectivity index (χ0v) is 14.1. The average Bonchev–Trinajstić information content (AvgIpc) is 2.61. The highest BCUT2D eigenvalue weighted by Crippen LogP contribution is 2.28. The zero-order chi connectivity index (χ0) is 15.2. The third kappa shape index (κ3) is 4.96. The van der Waals surface area contributed by atoms with Crippen molar-refractivity contribution in [1.82, 2.24) is 5.32 Å². The first-order valence-corrected chi connectivity index (χ1v) is 8.06. The summed E-state index contributed by atoms with van der Waals surface area (Å²) >= 11 is 0. The minimum Gasteiger partial charge on any atom is -0.489 e. The summed E-state index contributed by atoms with van der Waals surface area (Å²) in [5.74, 6) is 1.45. The van der Waals surface area contributed by atoms with Gasteiger partial charge in [0.05, 0.1) is 0 Å². The summed E-state index contributed by atoms with van der Waals surface area (Å²) in [7, 11) is 0. The molecule has 0 radical (unpaired) electrons. The Bertz CT molecular complexity index is 585. The highest BCUT2D eigenvalue weighted by atomic mass is 35.5. The number of benzene rings is 2. The van der Waals surface area contributed by atoms with Crippen molar-refractivity contribution in [3.05, 3.63) is 65.7 Å². The lowest BCUT2D eigenvalue weighted by molar-refractivity contribution is 0.302. The Hall–Kier alpha value is -1.55. The first-order valence-electron chi connectivity index (χ1n) is 8.06. The van der Waals surface area contributed by atoms with Gasteiger partial charge in [-0.05, 0) is 55.1 Å². The van der Waals surface area contributed by atoms with E-state index in [1.807, 2.05) is 30.3 Å². The molecule has 0 saturated carbocycles. The molecule has 1 fully saturated rings. The van der Waals surface area contributed by atoms with Crippen molar-refractivity contribution in [2.75, 3.05) is 13.1 Å². The molecule has 0 bridgehead atoms. The van der Waals surface area contributed by atoms with E-state index in [0.717, 1.165) is 31.7 Å². The standard InChI is InChI=1S/C19H24N2O.ClH/c20-19(16-9-11-21-12-10-16)17-7-4-8-18(13-17)22-14-15-5-2-1-3-6-15;/h1-8,13,16,19,21H,9-12,14,20H2;1H/t19-;/m1./s1. The molecular weight excluding hydrogens is 308 g/mol. The van der Waals surface area contributed by atoms with Gasteiger partial charge in [0.2, 0.25) is 0 Å². The van der Waals surface area contributed by atoms with Gasteiger partial charge in [-0.25, -0.2) is 0 Å². The first kappa shape index (κ1) is 17.8. The van der Waals surface area contributed by atoms with Crippen LogP contribution in [0.1, 0.15) is 30.0 Å². The summed E-state index contributed by atoms with van der Waals surface area (Å²) in [5, 5.41) is 3.39. The molecule has 1 atom stereocenters. The molecular formula is C19H25ClN2O. The molecule has 1 aliphatic rings. The third-order valence-electron chi connectivity index (χ3n) is 4.38. The highest BCUT2D eigenvalue weighted by molar-refractivity contribution is 5.85. The van der Waals surface area contributed by atoms with Gasteiger partial charge in [-0.2, -0.15) is 0 Å². The van der Waals surface area contributed by atoms with Crippen LogP contribution in [0.5, 0.6) is 5.75 Å². The summed E-state index contributed by atoms with van der Waals surface area (Å²) in [6.45, 7) is 2.73. The van der Waals surface area contributed by atoms with Gasteiger partial charge in [-0.1, -0.05) is 42.5 Å². The Kier molecular flexibility index (Phi) is 6.90. The van der Waals surface area contributed by atoms with Crippen LogP contribution >= 0.6 is 12.4 Å². The molecule has 4 heteroatoms. The van der Waals surface area contributed by atoms with Crippen LogP contribution in [-0.4, -0.2) is 13.1 Å². The highest BCUT2D eigenvalue weighted by Gasteiger charge is 2.21. The molecule has 2 aromatic rings. The minimum atomic E-state index is 0. The van der Waals surface area contributed by atoms with Crippen molar-refractivity contribution in [2.24, 2.45) is 11.7 Å². The lowest BCUT2D eigenvalue weighted by Gasteiger charge is -2.28.